The molecule has 1 aromatic rings. The van der Waals surface area contributed by atoms with E-state index in [1.807, 2.05) is 0 Å². The van der Waals surface area contributed by atoms with Gasteiger partial charge in [-0.2, -0.15) is 13.2 Å². The highest BCUT2D eigenvalue weighted by Gasteiger charge is 2.30. The lowest BCUT2D eigenvalue weighted by molar-refractivity contribution is -0.128. The number of carbonyl (C=O) groups excluding carboxylic acids is 1. The molecule has 112 valence electrons. The maximum absolute atomic E-state index is 12.0. The van der Waals surface area contributed by atoms with E-state index in [1.54, 1.807) is 0 Å². The highest BCUT2D eigenvalue weighted by Crippen LogP contribution is 2.30. The van der Waals surface area contributed by atoms with Crippen molar-refractivity contribution in [2.75, 3.05) is 12.8 Å². The lowest BCUT2D eigenvalue weighted by atomic mass is 10.2. The topological polar surface area (TPSA) is 70.8 Å². The van der Waals surface area contributed by atoms with Crippen LogP contribution in [0.25, 0.3) is 0 Å². The molecule has 0 aliphatic carbocycles. The minimum atomic E-state index is -4.46. The maximum Gasteiger partial charge on any atom is 0.442 e. The molecule has 0 saturated carbocycles. The van der Waals surface area contributed by atoms with Crippen LogP contribution in [0, 0.1) is 6.92 Å². The summed E-state index contributed by atoms with van der Waals surface area (Å²) < 4.78 is 41.0. The van der Waals surface area contributed by atoms with Gasteiger partial charge in [-0.1, -0.05) is 0 Å². The largest absolute Gasteiger partial charge is 0.478 e. The van der Waals surface area contributed by atoms with Crippen molar-refractivity contribution >= 4 is 23.6 Å². The van der Waals surface area contributed by atoms with E-state index in [-0.39, 0.29) is 23.6 Å². The number of carboxylic acid groups (broad SMARTS) is 1. The molecule has 0 radical (unpaired) electrons. The summed E-state index contributed by atoms with van der Waals surface area (Å²) >= 11 is -0.422. The number of hydrogen-bond acceptors (Lipinski definition) is 4. The van der Waals surface area contributed by atoms with E-state index < -0.39 is 34.9 Å². The van der Waals surface area contributed by atoms with E-state index in [0.717, 1.165) is 4.90 Å². The molecule has 5 nitrogen and oxygen atoms in total. The highest BCUT2D eigenvalue weighted by atomic mass is 32.2. The van der Waals surface area contributed by atoms with Gasteiger partial charge in [0.15, 0.2) is 0 Å². The third-order valence-corrected chi connectivity index (χ3v) is 3.10. The molecular formula is C11H12F3NO4S. The summed E-state index contributed by atoms with van der Waals surface area (Å²) in [4.78, 5) is 23.3. The van der Waals surface area contributed by atoms with E-state index >= 15 is 0 Å². The molecule has 1 N–H and O–H groups in total. The second kappa shape index (κ2) is 6.21. The van der Waals surface area contributed by atoms with Crippen molar-refractivity contribution < 1.29 is 32.3 Å². The number of halogens is 3. The van der Waals surface area contributed by atoms with E-state index in [1.165, 1.54) is 20.0 Å². The first kappa shape index (κ1) is 16.4. The van der Waals surface area contributed by atoms with Gasteiger partial charge in [0.1, 0.15) is 17.1 Å². The van der Waals surface area contributed by atoms with Crippen LogP contribution in [-0.4, -0.2) is 40.2 Å². The van der Waals surface area contributed by atoms with Gasteiger partial charge in [0.25, 0.3) is 0 Å². The van der Waals surface area contributed by atoms with Crippen LogP contribution in [0.3, 0.4) is 0 Å². The predicted octanol–water partition coefficient (Wildman–Crippen LogP) is 2.50. The van der Waals surface area contributed by atoms with Crippen LogP contribution < -0.4 is 0 Å². The van der Waals surface area contributed by atoms with Crippen LogP contribution in [0.2, 0.25) is 0 Å². The van der Waals surface area contributed by atoms with Gasteiger partial charge in [-0.15, -0.1) is 0 Å². The molecule has 1 heterocycles. The summed E-state index contributed by atoms with van der Waals surface area (Å²) in [5.41, 5.74) is -4.50. The Hall–Kier alpha value is -1.64. The molecule has 0 aliphatic rings. The summed E-state index contributed by atoms with van der Waals surface area (Å²) in [5.74, 6) is -2.24. The second-order valence-electron chi connectivity index (χ2n) is 3.97. The molecule has 0 aromatic carbocycles. The Bertz CT molecular complexity index is 512. The summed E-state index contributed by atoms with van der Waals surface area (Å²) in [5, 5.41) is 8.83. The van der Waals surface area contributed by atoms with Crippen molar-refractivity contribution in [3.05, 3.63) is 23.2 Å². The number of carboxylic acids is 1. The number of amides is 1. The molecule has 0 spiro atoms. The zero-order valence-electron chi connectivity index (χ0n) is 10.7. The van der Waals surface area contributed by atoms with E-state index in [0.29, 0.717) is 0 Å². The third kappa shape index (κ3) is 4.80. The zero-order valence-corrected chi connectivity index (χ0v) is 11.5. The molecule has 0 bridgehead atoms. The Morgan fingerprint density at radius 3 is 2.50 bits per heavy atom. The van der Waals surface area contributed by atoms with Crippen molar-refractivity contribution in [3.8, 4) is 0 Å². The number of thioether (sulfide) groups is 1. The molecule has 0 atom stereocenters. The van der Waals surface area contributed by atoms with Crippen LogP contribution >= 0.6 is 11.8 Å². The molecule has 20 heavy (non-hydrogen) atoms. The van der Waals surface area contributed by atoms with Gasteiger partial charge in [-0.25, -0.2) is 4.79 Å². The standard InChI is InChI=1S/C11H12F3NO4S/c1-6-8(10(17)18)3-7(19-6)4-15(2)9(16)5-20-11(12,13)14/h3H,4-5H2,1-2H3,(H,17,18). The Kier molecular flexibility index (Phi) is 5.09. The molecule has 0 unspecified atom stereocenters. The van der Waals surface area contributed by atoms with Gasteiger partial charge >= 0.3 is 11.5 Å². The summed E-state index contributed by atoms with van der Waals surface area (Å²) in [7, 11) is 1.32. The Morgan fingerprint density at radius 1 is 1.45 bits per heavy atom. The van der Waals surface area contributed by atoms with Crippen LogP contribution in [0.4, 0.5) is 13.2 Å². The van der Waals surface area contributed by atoms with Crippen LogP contribution in [-0.2, 0) is 11.3 Å². The first-order chi connectivity index (χ1) is 9.10. The summed E-state index contributed by atoms with van der Waals surface area (Å²) in [6.07, 6.45) is 0. The van der Waals surface area contributed by atoms with E-state index in [9.17, 15) is 22.8 Å². The van der Waals surface area contributed by atoms with Crippen LogP contribution in [0.1, 0.15) is 21.9 Å². The molecule has 0 fully saturated rings. The number of nitrogens with zero attached hydrogens (tertiary/aromatic N) is 1. The first-order valence-electron chi connectivity index (χ1n) is 5.37. The predicted molar refractivity (Wildman–Crippen MR) is 65.4 cm³/mol. The van der Waals surface area contributed by atoms with Crippen molar-refractivity contribution in [1.29, 1.82) is 0 Å². The molecule has 1 amide bonds. The van der Waals surface area contributed by atoms with Gasteiger partial charge in [0.2, 0.25) is 5.91 Å². The number of aryl methyl sites for hydroxylation is 1. The molecular weight excluding hydrogens is 299 g/mol. The second-order valence-corrected chi connectivity index (χ2v) is 5.01. The minimum absolute atomic E-state index is 0.0366. The van der Waals surface area contributed by atoms with Gasteiger partial charge in [0, 0.05) is 7.05 Å². The number of alkyl halides is 3. The Labute approximate surface area is 116 Å². The van der Waals surface area contributed by atoms with E-state index in [2.05, 4.69) is 0 Å². The fraction of sp³-hybridized carbons (Fsp3) is 0.455. The normalized spacial score (nSPS) is 11.4. The van der Waals surface area contributed by atoms with Crippen LogP contribution in [0.15, 0.2) is 10.5 Å². The number of furan rings is 1. The maximum atomic E-state index is 12.0. The first-order valence-corrected chi connectivity index (χ1v) is 6.36. The van der Waals surface area contributed by atoms with Crippen LogP contribution in [0.5, 0.6) is 0 Å². The fourth-order valence-electron chi connectivity index (χ4n) is 1.41. The van der Waals surface area contributed by atoms with Crippen molar-refractivity contribution in [2.45, 2.75) is 19.0 Å². The quantitative estimate of drug-likeness (QED) is 0.904. The Balaban J connectivity index is 2.62. The van der Waals surface area contributed by atoms with Gasteiger partial charge in [-0.3, -0.25) is 4.79 Å². The molecule has 1 aromatic heterocycles. The summed E-state index contributed by atoms with van der Waals surface area (Å²) in [6.45, 7) is 1.36. The average molecular weight is 311 g/mol. The summed E-state index contributed by atoms with van der Waals surface area (Å²) in [6, 6.07) is 1.25. The number of hydrogen-bond donors (Lipinski definition) is 1. The van der Waals surface area contributed by atoms with E-state index in [4.69, 9.17) is 9.52 Å². The molecule has 1 rings (SSSR count). The van der Waals surface area contributed by atoms with Gasteiger partial charge < -0.3 is 14.4 Å². The van der Waals surface area contributed by atoms with Gasteiger partial charge in [-0.05, 0) is 24.8 Å². The lowest BCUT2D eigenvalue weighted by Crippen LogP contribution is -2.28. The third-order valence-electron chi connectivity index (χ3n) is 2.38. The van der Waals surface area contributed by atoms with Crippen molar-refractivity contribution in [2.24, 2.45) is 0 Å². The van der Waals surface area contributed by atoms with Crippen molar-refractivity contribution in [1.82, 2.24) is 4.90 Å². The Morgan fingerprint density at radius 2 is 2.05 bits per heavy atom. The minimum Gasteiger partial charge on any atom is -0.478 e. The lowest BCUT2D eigenvalue weighted by Gasteiger charge is -2.15. The zero-order chi connectivity index (χ0) is 15.5. The molecule has 9 heteroatoms. The number of carbonyl (C=O) groups is 2. The highest BCUT2D eigenvalue weighted by molar-refractivity contribution is 8.00. The fourth-order valence-corrected chi connectivity index (χ4v) is 1.92. The average Bonchev–Trinajstić information content (AvgIpc) is 2.66. The smallest absolute Gasteiger partial charge is 0.442 e. The van der Waals surface area contributed by atoms with Gasteiger partial charge in [0.05, 0.1) is 12.3 Å². The molecule has 0 saturated heterocycles. The monoisotopic (exact) mass is 311 g/mol. The van der Waals surface area contributed by atoms with Crippen molar-refractivity contribution in [3.63, 3.8) is 0 Å². The SMILES string of the molecule is Cc1oc(CN(C)C(=O)CSC(F)(F)F)cc1C(=O)O. The molecule has 0 aliphatic heterocycles. The number of aromatic carboxylic acids is 1. The number of rotatable bonds is 5.